The number of nitrogens with zero attached hydrogens (tertiary/aromatic N) is 1. The summed E-state index contributed by atoms with van der Waals surface area (Å²) in [6.45, 7) is -4.65. The lowest BCUT2D eigenvalue weighted by Gasteiger charge is -2.17. The summed E-state index contributed by atoms with van der Waals surface area (Å²) in [5, 5.41) is 1.75. The third-order valence-electron chi connectivity index (χ3n) is 6.75. The van der Waals surface area contributed by atoms with Crippen molar-refractivity contribution in [1.29, 1.82) is 0 Å². The van der Waals surface area contributed by atoms with Crippen LogP contribution >= 0.6 is 0 Å². The van der Waals surface area contributed by atoms with Gasteiger partial charge in [-0.3, -0.25) is 4.98 Å². The van der Waals surface area contributed by atoms with Crippen LogP contribution in [0.1, 0.15) is 40.2 Å². The lowest BCUT2D eigenvalue weighted by atomic mass is 9.87. The van der Waals surface area contributed by atoms with E-state index in [9.17, 15) is 0 Å². The summed E-state index contributed by atoms with van der Waals surface area (Å²) in [5.41, 5.74) is 3.91. The molecule has 4 aromatic carbocycles. The number of hydrogen-bond acceptors (Lipinski definition) is 2. The molecule has 0 spiro atoms. The second kappa shape index (κ2) is 8.49. The molecule has 0 radical (unpaired) electrons. The van der Waals surface area contributed by atoms with Crippen molar-refractivity contribution in [1.82, 2.24) is 4.98 Å². The lowest BCUT2D eigenvalue weighted by molar-refractivity contribution is 0.670. The highest BCUT2D eigenvalue weighted by molar-refractivity contribution is 6.09. The molecular weight excluding hydrogens is 438 g/mol. The van der Waals surface area contributed by atoms with Gasteiger partial charge in [-0.25, -0.2) is 0 Å². The minimum Gasteiger partial charge on any atom is -0.455 e. The van der Waals surface area contributed by atoms with Crippen LogP contribution in [-0.2, 0) is 0 Å². The molecule has 2 heteroatoms. The van der Waals surface area contributed by atoms with Crippen LogP contribution in [0.25, 0.3) is 55.4 Å². The van der Waals surface area contributed by atoms with Gasteiger partial charge in [0.05, 0.1) is 5.69 Å². The Morgan fingerprint density at radius 1 is 0.639 bits per heavy atom. The van der Waals surface area contributed by atoms with E-state index in [0.717, 1.165) is 21.9 Å². The van der Waals surface area contributed by atoms with Crippen molar-refractivity contribution in [3.63, 3.8) is 0 Å². The van der Waals surface area contributed by atoms with E-state index in [1.54, 1.807) is 18.2 Å². The van der Waals surface area contributed by atoms with Crippen molar-refractivity contribution in [2.75, 3.05) is 0 Å². The zero-order valence-corrected chi connectivity index (χ0v) is 19.9. The average Bonchev–Trinajstić information content (AvgIpc) is 3.34. The van der Waals surface area contributed by atoms with E-state index in [4.69, 9.17) is 16.8 Å². The summed E-state index contributed by atoms with van der Waals surface area (Å²) in [5.74, 6) is 0. The highest BCUT2D eigenvalue weighted by Gasteiger charge is 2.17. The van der Waals surface area contributed by atoms with Crippen LogP contribution in [0.4, 0.5) is 0 Å². The SMILES string of the molecule is [2H]C([2H])([2H])c1cnc(-c2cccc3c2oc2ccccc23)cc1-c1ccc(-c2ccc(C)cc2C)c(C([2H])([2H])[2H])c1C([2H])([2H])[2H]. The zero-order valence-electron chi connectivity index (χ0n) is 28.9. The molecule has 0 aliphatic rings. The average molecular weight is 477 g/mol. The molecule has 0 saturated heterocycles. The Morgan fingerprint density at radius 3 is 2.17 bits per heavy atom. The Hall–Kier alpha value is -4.17. The van der Waals surface area contributed by atoms with E-state index >= 15 is 0 Å². The van der Waals surface area contributed by atoms with Crippen molar-refractivity contribution in [3.05, 3.63) is 113 Å². The molecule has 0 amide bonds. The van der Waals surface area contributed by atoms with Gasteiger partial charge in [-0.15, -0.1) is 0 Å². The number of pyridine rings is 1. The van der Waals surface area contributed by atoms with E-state index < -0.39 is 26.1 Å². The first-order valence-corrected chi connectivity index (χ1v) is 11.7. The molecule has 36 heavy (non-hydrogen) atoms. The van der Waals surface area contributed by atoms with E-state index in [-0.39, 0.29) is 27.8 Å². The van der Waals surface area contributed by atoms with Crippen LogP contribution in [-0.4, -0.2) is 4.98 Å². The maximum Gasteiger partial charge on any atom is 0.144 e. The van der Waals surface area contributed by atoms with Crippen molar-refractivity contribution >= 4 is 21.9 Å². The summed E-state index contributed by atoms with van der Waals surface area (Å²) in [6.07, 6.45) is 1.22. The second-order valence-electron chi connectivity index (χ2n) is 9.12. The molecule has 0 N–H and O–H groups in total. The zero-order chi connectivity index (χ0) is 32.5. The van der Waals surface area contributed by atoms with Crippen molar-refractivity contribution in [2.45, 2.75) is 34.4 Å². The summed E-state index contributed by atoms with van der Waals surface area (Å²) >= 11 is 0. The molecule has 0 atom stereocenters. The van der Waals surface area contributed by atoms with E-state index in [1.165, 1.54) is 18.3 Å². The molecule has 0 fully saturated rings. The first-order chi connectivity index (χ1) is 21.1. The van der Waals surface area contributed by atoms with Crippen LogP contribution in [0.5, 0.6) is 0 Å². The fourth-order valence-corrected chi connectivity index (χ4v) is 4.94. The highest BCUT2D eigenvalue weighted by Crippen LogP contribution is 2.39. The van der Waals surface area contributed by atoms with Crippen molar-refractivity contribution in [3.8, 4) is 33.5 Å². The molecule has 0 aliphatic heterocycles. The maximum atomic E-state index is 8.56. The Bertz CT molecular complexity index is 2100. The fraction of sp³-hybridized carbons (Fsp3) is 0.147. The predicted octanol–water partition coefficient (Wildman–Crippen LogP) is 9.52. The number of hydrogen-bond donors (Lipinski definition) is 0. The molecular formula is C34H29NO. The summed E-state index contributed by atoms with van der Waals surface area (Å²) in [7, 11) is 0. The Balaban J connectivity index is 1.69. The van der Waals surface area contributed by atoms with Crippen molar-refractivity contribution < 1.29 is 16.8 Å². The standard InChI is InChI=1S/C34H29NO/c1-20-13-14-25(21(2)17-20)26-15-16-27(24(5)23(26)4)31-18-32(35-19-22(31)3)30-11-8-10-29-28-9-6-7-12-33(28)36-34(29)30/h6-19H,1-5H3/i3D3,4D3,5D3. The van der Waals surface area contributed by atoms with Crippen molar-refractivity contribution in [2.24, 2.45) is 0 Å². The number of aromatic nitrogens is 1. The molecule has 0 saturated carbocycles. The molecule has 176 valence electrons. The van der Waals surface area contributed by atoms with Gasteiger partial charge in [0, 0.05) is 34.9 Å². The number of aryl methyl sites for hydroxylation is 3. The number of benzene rings is 4. The first-order valence-electron chi connectivity index (χ1n) is 16.2. The third-order valence-corrected chi connectivity index (χ3v) is 6.75. The van der Waals surface area contributed by atoms with Crippen LogP contribution in [0.15, 0.2) is 89.5 Å². The van der Waals surface area contributed by atoms with Gasteiger partial charge in [-0.2, -0.15) is 0 Å². The smallest absolute Gasteiger partial charge is 0.144 e. The molecule has 0 unspecified atom stereocenters. The molecule has 2 aromatic heterocycles. The summed E-state index contributed by atoms with van der Waals surface area (Å²) in [4.78, 5) is 4.50. The van der Waals surface area contributed by atoms with Gasteiger partial charge >= 0.3 is 0 Å². The minimum atomic E-state index is -2.90. The molecule has 6 rings (SSSR count). The maximum absolute atomic E-state index is 8.56. The Kier molecular flexibility index (Phi) is 3.40. The van der Waals surface area contributed by atoms with Gasteiger partial charge in [0.2, 0.25) is 0 Å². The highest BCUT2D eigenvalue weighted by atomic mass is 16.3. The van der Waals surface area contributed by atoms with Gasteiger partial charge in [-0.1, -0.05) is 66.2 Å². The van der Waals surface area contributed by atoms with Crippen LogP contribution < -0.4 is 0 Å². The van der Waals surface area contributed by atoms with E-state index in [0.29, 0.717) is 28.0 Å². The van der Waals surface area contributed by atoms with Gasteiger partial charge in [0.15, 0.2) is 0 Å². The molecule has 2 nitrogen and oxygen atoms in total. The Labute approximate surface area is 224 Å². The monoisotopic (exact) mass is 476 g/mol. The second-order valence-corrected chi connectivity index (χ2v) is 9.12. The predicted molar refractivity (Wildman–Crippen MR) is 152 cm³/mol. The summed E-state index contributed by atoms with van der Waals surface area (Å²) in [6, 6.07) is 23.3. The number of fused-ring (bicyclic) bond motifs is 3. The number of para-hydroxylation sites is 2. The van der Waals surface area contributed by atoms with E-state index in [1.807, 2.05) is 62.4 Å². The Morgan fingerprint density at radius 2 is 1.39 bits per heavy atom. The van der Waals surface area contributed by atoms with Crippen LogP contribution in [0.2, 0.25) is 0 Å². The van der Waals surface area contributed by atoms with Crippen LogP contribution in [0, 0.1) is 34.4 Å². The van der Waals surface area contributed by atoms with Gasteiger partial charge in [0.1, 0.15) is 11.2 Å². The number of rotatable bonds is 3. The topological polar surface area (TPSA) is 26.0 Å². The van der Waals surface area contributed by atoms with Gasteiger partial charge in [0.25, 0.3) is 0 Å². The molecule has 0 bridgehead atoms. The van der Waals surface area contributed by atoms with Gasteiger partial charge < -0.3 is 4.42 Å². The fourth-order valence-electron chi connectivity index (χ4n) is 4.94. The third kappa shape index (κ3) is 3.53. The summed E-state index contributed by atoms with van der Waals surface area (Å²) < 4.78 is 82.2. The molecule has 2 heterocycles. The van der Waals surface area contributed by atoms with Crippen LogP contribution in [0.3, 0.4) is 0 Å². The van der Waals surface area contributed by atoms with Gasteiger partial charge in [-0.05, 0) is 97.1 Å². The first kappa shape index (κ1) is 14.4. The normalized spacial score (nSPS) is 16.2. The largest absolute Gasteiger partial charge is 0.455 e. The molecule has 0 aliphatic carbocycles. The minimum absolute atomic E-state index is 0.00111. The number of furan rings is 1. The lowest BCUT2D eigenvalue weighted by Crippen LogP contribution is -1.96. The quantitative estimate of drug-likeness (QED) is 0.254. The molecule has 6 aromatic rings. The van der Waals surface area contributed by atoms with E-state index in [2.05, 4.69) is 4.98 Å².